The molecule has 0 spiro atoms. The molecule has 2 N–H and O–H groups in total. The van der Waals surface area contributed by atoms with Gasteiger partial charge < -0.3 is 20.1 Å². The molecule has 33 heavy (non-hydrogen) atoms. The van der Waals surface area contributed by atoms with Gasteiger partial charge in [-0.2, -0.15) is 5.26 Å². The number of benzene rings is 3. The number of carbonyl (C=O) groups excluding carboxylic acids is 2. The molecule has 7 heteroatoms. The molecule has 0 saturated heterocycles. The van der Waals surface area contributed by atoms with Crippen molar-refractivity contribution >= 4 is 23.6 Å². The number of carbonyl (C=O) groups is 2. The molecule has 0 aliphatic heterocycles. The number of ether oxygens (including phenoxy) is 2. The Kier molecular flexibility index (Phi) is 8.21. The van der Waals surface area contributed by atoms with Gasteiger partial charge >= 0.3 is 0 Å². The van der Waals surface area contributed by atoms with Gasteiger partial charge in [-0.25, -0.2) is 0 Å². The van der Waals surface area contributed by atoms with E-state index in [0.29, 0.717) is 29.3 Å². The van der Waals surface area contributed by atoms with Gasteiger partial charge in [0.2, 0.25) is 0 Å². The van der Waals surface area contributed by atoms with Gasteiger partial charge in [-0.3, -0.25) is 9.59 Å². The Bertz CT molecular complexity index is 1170. The molecular formula is C26H23N3O4. The largest absolute Gasteiger partial charge is 0.497 e. The Labute approximate surface area is 192 Å². The first-order chi connectivity index (χ1) is 16.1. The molecule has 0 aromatic heterocycles. The van der Waals surface area contributed by atoms with E-state index in [2.05, 4.69) is 10.6 Å². The van der Waals surface area contributed by atoms with E-state index in [-0.39, 0.29) is 18.1 Å². The van der Waals surface area contributed by atoms with Crippen LogP contribution in [0.3, 0.4) is 0 Å². The van der Waals surface area contributed by atoms with Crippen LogP contribution >= 0.6 is 0 Å². The van der Waals surface area contributed by atoms with Crippen molar-refractivity contribution in [2.45, 2.75) is 6.54 Å². The Hall–Kier alpha value is -4.57. The lowest BCUT2D eigenvalue weighted by atomic mass is 10.1. The number of nitriles is 1. The van der Waals surface area contributed by atoms with Gasteiger partial charge in [0, 0.05) is 18.3 Å². The zero-order valence-electron chi connectivity index (χ0n) is 18.1. The molecule has 3 rings (SSSR count). The van der Waals surface area contributed by atoms with E-state index in [1.165, 1.54) is 13.2 Å². The summed E-state index contributed by atoms with van der Waals surface area (Å²) in [6.07, 6.45) is 1.48. The molecule has 3 aromatic carbocycles. The number of nitrogens with one attached hydrogen (secondary N) is 2. The minimum atomic E-state index is -0.527. The Morgan fingerprint density at radius 2 is 1.73 bits per heavy atom. The fourth-order valence-electron chi connectivity index (χ4n) is 2.87. The average Bonchev–Trinajstić information content (AvgIpc) is 2.86. The highest BCUT2D eigenvalue weighted by Gasteiger charge is 2.10. The number of hydrogen-bond donors (Lipinski definition) is 2. The zero-order chi connectivity index (χ0) is 23.5. The molecular weight excluding hydrogens is 418 g/mol. The number of anilines is 1. The number of amides is 2. The van der Waals surface area contributed by atoms with Gasteiger partial charge in [0.05, 0.1) is 7.11 Å². The summed E-state index contributed by atoms with van der Waals surface area (Å²) in [4.78, 5) is 24.4. The first-order valence-corrected chi connectivity index (χ1v) is 10.2. The Morgan fingerprint density at radius 1 is 0.970 bits per heavy atom. The average molecular weight is 441 g/mol. The third-order valence-corrected chi connectivity index (χ3v) is 4.59. The van der Waals surface area contributed by atoms with E-state index in [0.717, 1.165) is 5.56 Å². The highest BCUT2D eigenvalue weighted by atomic mass is 16.5. The lowest BCUT2D eigenvalue weighted by Crippen LogP contribution is -2.28. The molecule has 0 aliphatic rings. The lowest BCUT2D eigenvalue weighted by Gasteiger charge is -2.08. The van der Waals surface area contributed by atoms with Crippen molar-refractivity contribution in [1.29, 1.82) is 5.26 Å². The van der Waals surface area contributed by atoms with E-state index >= 15 is 0 Å². The third-order valence-electron chi connectivity index (χ3n) is 4.59. The second-order valence-electron chi connectivity index (χ2n) is 6.98. The summed E-state index contributed by atoms with van der Waals surface area (Å²) in [6, 6.07) is 25.1. The maximum atomic E-state index is 12.4. The summed E-state index contributed by atoms with van der Waals surface area (Å²) in [6.45, 7) is 0.315. The van der Waals surface area contributed by atoms with Crippen molar-refractivity contribution in [1.82, 2.24) is 5.32 Å². The molecule has 0 bridgehead atoms. The van der Waals surface area contributed by atoms with Gasteiger partial charge in [-0.15, -0.1) is 0 Å². The molecule has 0 atom stereocenters. The SMILES string of the molecule is COc1cccc(NC(=O)/C(C#N)=C/c2ccc(OCC(=O)NCc3ccccc3)cc2)c1. The van der Waals surface area contributed by atoms with E-state index in [9.17, 15) is 14.9 Å². The van der Waals surface area contributed by atoms with Gasteiger partial charge in [-0.1, -0.05) is 48.5 Å². The molecule has 0 fully saturated rings. The first-order valence-electron chi connectivity index (χ1n) is 10.2. The molecule has 0 saturated carbocycles. The van der Waals surface area contributed by atoms with Crippen molar-refractivity contribution in [3.05, 3.63) is 95.6 Å². The standard InChI is InChI=1S/C26H23N3O4/c1-32-24-9-5-8-22(15-24)29-26(31)21(16-27)14-19-10-12-23(13-11-19)33-18-25(30)28-17-20-6-3-2-4-7-20/h2-15H,17-18H2,1H3,(H,28,30)(H,29,31)/b21-14+. The number of methoxy groups -OCH3 is 1. The zero-order valence-corrected chi connectivity index (χ0v) is 18.1. The van der Waals surface area contributed by atoms with Crippen LogP contribution in [0.4, 0.5) is 5.69 Å². The maximum absolute atomic E-state index is 12.4. The van der Waals surface area contributed by atoms with Gasteiger partial charge in [-0.05, 0) is 41.5 Å². The van der Waals surface area contributed by atoms with Crippen molar-refractivity contribution in [3.63, 3.8) is 0 Å². The van der Waals surface area contributed by atoms with E-state index < -0.39 is 5.91 Å². The first kappa shape index (κ1) is 23.1. The minimum absolute atomic E-state index is 0.0493. The predicted octanol–water partition coefficient (Wildman–Crippen LogP) is 3.94. The minimum Gasteiger partial charge on any atom is -0.497 e. The summed E-state index contributed by atoms with van der Waals surface area (Å²) in [5, 5.41) is 14.9. The fraction of sp³-hybridized carbons (Fsp3) is 0.115. The van der Waals surface area contributed by atoms with Crippen molar-refractivity contribution < 1.29 is 19.1 Å². The van der Waals surface area contributed by atoms with Crippen molar-refractivity contribution in [2.24, 2.45) is 0 Å². The van der Waals surface area contributed by atoms with Crippen LogP contribution in [0, 0.1) is 11.3 Å². The molecule has 0 unspecified atom stereocenters. The lowest BCUT2D eigenvalue weighted by molar-refractivity contribution is -0.123. The summed E-state index contributed by atoms with van der Waals surface area (Å²) in [5.41, 5.74) is 2.13. The molecule has 0 aliphatic carbocycles. The van der Waals surface area contributed by atoms with Crippen LogP contribution < -0.4 is 20.1 Å². The van der Waals surface area contributed by atoms with Crippen LogP contribution in [0.1, 0.15) is 11.1 Å². The second kappa shape index (κ2) is 11.7. The molecule has 7 nitrogen and oxygen atoms in total. The van der Waals surface area contributed by atoms with E-state index in [1.807, 2.05) is 36.4 Å². The summed E-state index contributed by atoms with van der Waals surface area (Å²) >= 11 is 0. The summed E-state index contributed by atoms with van der Waals surface area (Å²) in [5.74, 6) is 0.339. The molecule has 2 amide bonds. The molecule has 3 aromatic rings. The van der Waals surface area contributed by atoms with Crippen LogP contribution in [0.5, 0.6) is 11.5 Å². The Morgan fingerprint density at radius 3 is 2.42 bits per heavy atom. The van der Waals surface area contributed by atoms with Crippen LogP contribution in [-0.2, 0) is 16.1 Å². The van der Waals surface area contributed by atoms with Gasteiger partial charge in [0.25, 0.3) is 11.8 Å². The van der Waals surface area contributed by atoms with Crippen LogP contribution in [0.15, 0.2) is 84.4 Å². The van der Waals surface area contributed by atoms with Crippen LogP contribution in [0.25, 0.3) is 6.08 Å². The van der Waals surface area contributed by atoms with Gasteiger partial charge in [0.1, 0.15) is 23.1 Å². The number of hydrogen-bond acceptors (Lipinski definition) is 5. The fourth-order valence-corrected chi connectivity index (χ4v) is 2.87. The summed E-state index contributed by atoms with van der Waals surface area (Å²) in [7, 11) is 1.53. The summed E-state index contributed by atoms with van der Waals surface area (Å²) < 4.78 is 10.6. The highest BCUT2D eigenvalue weighted by molar-refractivity contribution is 6.09. The smallest absolute Gasteiger partial charge is 0.266 e. The predicted molar refractivity (Wildman–Crippen MR) is 125 cm³/mol. The maximum Gasteiger partial charge on any atom is 0.266 e. The highest BCUT2D eigenvalue weighted by Crippen LogP contribution is 2.19. The third kappa shape index (κ3) is 7.26. The van der Waals surface area contributed by atoms with Crippen molar-refractivity contribution in [2.75, 3.05) is 19.0 Å². The van der Waals surface area contributed by atoms with Crippen LogP contribution in [-0.4, -0.2) is 25.5 Å². The van der Waals surface area contributed by atoms with E-state index in [1.54, 1.807) is 48.5 Å². The monoisotopic (exact) mass is 441 g/mol. The quantitative estimate of drug-likeness (QED) is 0.387. The number of nitrogens with zero attached hydrogens (tertiary/aromatic N) is 1. The second-order valence-corrected chi connectivity index (χ2v) is 6.98. The molecule has 166 valence electrons. The topological polar surface area (TPSA) is 100 Å². The van der Waals surface area contributed by atoms with Gasteiger partial charge in [0.15, 0.2) is 6.61 Å². The number of rotatable bonds is 9. The van der Waals surface area contributed by atoms with E-state index in [4.69, 9.17) is 9.47 Å². The Balaban J connectivity index is 1.53. The van der Waals surface area contributed by atoms with Crippen LogP contribution in [0.2, 0.25) is 0 Å². The normalized spacial score (nSPS) is 10.6. The molecule has 0 radical (unpaired) electrons. The van der Waals surface area contributed by atoms with Crippen molar-refractivity contribution in [3.8, 4) is 17.6 Å². The molecule has 0 heterocycles.